The van der Waals surface area contributed by atoms with Crippen LogP contribution < -0.4 is 9.47 Å². The Morgan fingerprint density at radius 3 is 2.32 bits per heavy atom. The van der Waals surface area contributed by atoms with E-state index in [-0.39, 0.29) is 0 Å². The molecule has 22 heavy (non-hydrogen) atoms. The first-order valence-corrected chi connectivity index (χ1v) is 7.58. The number of ether oxygens (including phenoxy) is 2. The van der Waals surface area contributed by atoms with Crippen LogP contribution in [0.3, 0.4) is 0 Å². The number of benzene rings is 1. The number of nitrogens with zero attached hydrogens (tertiary/aromatic N) is 2. The van der Waals surface area contributed by atoms with Crippen molar-refractivity contribution >= 4 is 0 Å². The zero-order chi connectivity index (χ0) is 16.3. The molecule has 0 aliphatic carbocycles. The summed E-state index contributed by atoms with van der Waals surface area (Å²) in [6.45, 7) is 8.24. The SMILES string of the molecule is CCCc1c(C)nc(-c2cc(C)cc(C)c2OC)nc1OC. The fourth-order valence-electron chi connectivity index (χ4n) is 2.79. The van der Waals surface area contributed by atoms with Crippen molar-refractivity contribution in [2.24, 2.45) is 0 Å². The van der Waals surface area contributed by atoms with E-state index in [4.69, 9.17) is 14.5 Å². The summed E-state index contributed by atoms with van der Waals surface area (Å²) < 4.78 is 11.0. The summed E-state index contributed by atoms with van der Waals surface area (Å²) in [5, 5.41) is 0. The fourth-order valence-corrected chi connectivity index (χ4v) is 2.79. The zero-order valence-electron chi connectivity index (χ0n) is 14.3. The largest absolute Gasteiger partial charge is 0.496 e. The highest BCUT2D eigenvalue weighted by atomic mass is 16.5. The van der Waals surface area contributed by atoms with Crippen molar-refractivity contribution in [2.45, 2.75) is 40.5 Å². The Hall–Kier alpha value is -2.10. The van der Waals surface area contributed by atoms with Gasteiger partial charge in [0.15, 0.2) is 5.82 Å². The lowest BCUT2D eigenvalue weighted by atomic mass is 10.0. The quantitative estimate of drug-likeness (QED) is 0.836. The molecule has 2 aromatic rings. The molecule has 4 nitrogen and oxygen atoms in total. The summed E-state index contributed by atoms with van der Waals surface area (Å²) in [4.78, 5) is 9.31. The van der Waals surface area contributed by atoms with Gasteiger partial charge < -0.3 is 9.47 Å². The molecule has 0 saturated carbocycles. The molecule has 0 radical (unpaired) electrons. The summed E-state index contributed by atoms with van der Waals surface area (Å²) in [5.41, 5.74) is 5.19. The molecule has 0 atom stereocenters. The average molecular weight is 300 g/mol. The van der Waals surface area contributed by atoms with Gasteiger partial charge in [-0.1, -0.05) is 19.4 Å². The van der Waals surface area contributed by atoms with E-state index in [9.17, 15) is 0 Å². The lowest BCUT2D eigenvalue weighted by Crippen LogP contribution is -2.04. The molecular weight excluding hydrogens is 276 g/mol. The number of aryl methyl sites for hydroxylation is 3. The molecule has 0 bridgehead atoms. The number of hydrogen-bond acceptors (Lipinski definition) is 4. The van der Waals surface area contributed by atoms with E-state index >= 15 is 0 Å². The monoisotopic (exact) mass is 300 g/mol. The molecule has 0 N–H and O–H groups in total. The van der Waals surface area contributed by atoms with Gasteiger partial charge in [0.2, 0.25) is 5.88 Å². The minimum Gasteiger partial charge on any atom is -0.496 e. The Morgan fingerprint density at radius 1 is 1.00 bits per heavy atom. The predicted octanol–water partition coefficient (Wildman–Crippen LogP) is 4.04. The number of rotatable bonds is 5. The average Bonchev–Trinajstić information content (AvgIpc) is 2.48. The third-order valence-corrected chi connectivity index (χ3v) is 3.73. The van der Waals surface area contributed by atoms with Crippen LogP contribution in [0.2, 0.25) is 0 Å². The maximum absolute atomic E-state index is 5.56. The van der Waals surface area contributed by atoms with Gasteiger partial charge in [-0.15, -0.1) is 0 Å². The van der Waals surface area contributed by atoms with Gasteiger partial charge in [0.25, 0.3) is 0 Å². The van der Waals surface area contributed by atoms with Crippen LogP contribution in [0, 0.1) is 20.8 Å². The summed E-state index contributed by atoms with van der Waals surface area (Å²) in [6, 6.07) is 4.15. The van der Waals surface area contributed by atoms with Crippen LogP contribution in [0.1, 0.15) is 35.7 Å². The van der Waals surface area contributed by atoms with Gasteiger partial charge in [0, 0.05) is 11.3 Å². The standard InChI is InChI=1S/C18H24N2O2/c1-7-8-14-13(4)19-17(20-18(14)22-6)15-10-11(2)9-12(3)16(15)21-5/h9-10H,7-8H2,1-6H3. The highest BCUT2D eigenvalue weighted by molar-refractivity contribution is 5.68. The van der Waals surface area contributed by atoms with Gasteiger partial charge in [-0.3, -0.25) is 0 Å². The summed E-state index contributed by atoms with van der Waals surface area (Å²) in [6.07, 6.45) is 1.95. The summed E-state index contributed by atoms with van der Waals surface area (Å²) in [5.74, 6) is 2.12. The molecule has 118 valence electrons. The normalized spacial score (nSPS) is 10.6. The Balaban J connectivity index is 2.66. The first kappa shape index (κ1) is 16.3. The molecule has 0 unspecified atom stereocenters. The third kappa shape index (κ3) is 3.06. The van der Waals surface area contributed by atoms with Gasteiger partial charge >= 0.3 is 0 Å². The smallest absolute Gasteiger partial charge is 0.220 e. The first-order valence-electron chi connectivity index (χ1n) is 7.58. The molecule has 4 heteroatoms. The molecule has 1 aromatic heterocycles. The van der Waals surface area contributed by atoms with Crippen molar-refractivity contribution in [2.75, 3.05) is 14.2 Å². The Bertz CT molecular complexity index is 681. The lowest BCUT2D eigenvalue weighted by Gasteiger charge is -2.15. The summed E-state index contributed by atoms with van der Waals surface area (Å²) in [7, 11) is 3.33. The Labute approximate surface area is 132 Å². The lowest BCUT2D eigenvalue weighted by molar-refractivity contribution is 0.390. The van der Waals surface area contributed by atoms with Gasteiger partial charge in [-0.05, 0) is 44.4 Å². The van der Waals surface area contributed by atoms with E-state index < -0.39 is 0 Å². The minimum atomic E-state index is 0.651. The Kier molecular flexibility index (Phi) is 5.01. The van der Waals surface area contributed by atoms with Crippen molar-refractivity contribution in [1.82, 2.24) is 9.97 Å². The molecule has 2 rings (SSSR count). The molecule has 0 aliphatic rings. The molecule has 0 fully saturated rings. The maximum atomic E-state index is 5.56. The van der Waals surface area contributed by atoms with E-state index in [0.29, 0.717) is 11.7 Å². The van der Waals surface area contributed by atoms with Crippen molar-refractivity contribution in [3.63, 3.8) is 0 Å². The summed E-state index contributed by atoms with van der Waals surface area (Å²) >= 11 is 0. The molecule has 0 amide bonds. The van der Waals surface area contributed by atoms with Crippen LogP contribution in [0.25, 0.3) is 11.4 Å². The van der Waals surface area contributed by atoms with Crippen LogP contribution in [-0.2, 0) is 6.42 Å². The maximum Gasteiger partial charge on any atom is 0.220 e. The predicted molar refractivity (Wildman–Crippen MR) is 88.8 cm³/mol. The van der Waals surface area contributed by atoms with Crippen molar-refractivity contribution in [1.29, 1.82) is 0 Å². The van der Waals surface area contributed by atoms with Crippen molar-refractivity contribution in [3.8, 4) is 23.0 Å². The van der Waals surface area contributed by atoms with E-state index in [1.54, 1.807) is 14.2 Å². The van der Waals surface area contributed by atoms with E-state index in [1.807, 2.05) is 13.8 Å². The topological polar surface area (TPSA) is 44.2 Å². The van der Waals surface area contributed by atoms with E-state index in [1.165, 1.54) is 0 Å². The van der Waals surface area contributed by atoms with Crippen LogP contribution in [0.15, 0.2) is 12.1 Å². The second kappa shape index (κ2) is 6.77. The number of methoxy groups -OCH3 is 2. The number of hydrogen-bond donors (Lipinski definition) is 0. The fraction of sp³-hybridized carbons (Fsp3) is 0.444. The van der Waals surface area contributed by atoms with Crippen LogP contribution in [0.4, 0.5) is 0 Å². The molecule has 1 aromatic carbocycles. The number of aromatic nitrogens is 2. The highest BCUT2D eigenvalue weighted by Crippen LogP contribution is 2.34. The van der Waals surface area contributed by atoms with Crippen LogP contribution in [0.5, 0.6) is 11.6 Å². The molecule has 0 saturated heterocycles. The van der Waals surface area contributed by atoms with Crippen molar-refractivity contribution in [3.05, 3.63) is 34.5 Å². The third-order valence-electron chi connectivity index (χ3n) is 3.73. The van der Waals surface area contributed by atoms with E-state index in [2.05, 4.69) is 31.0 Å². The second-order valence-corrected chi connectivity index (χ2v) is 5.53. The van der Waals surface area contributed by atoms with Crippen molar-refractivity contribution < 1.29 is 9.47 Å². The van der Waals surface area contributed by atoms with Gasteiger partial charge in [-0.25, -0.2) is 4.98 Å². The Morgan fingerprint density at radius 2 is 1.73 bits per heavy atom. The van der Waals surface area contributed by atoms with Gasteiger partial charge in [0.05, 0.1) is 19.8 Å². The molecular formula is C18H24N2O2. The molecule has 0 spiro atoms. The van der Waals surface area contributed by atoms with Crippen LogP contribution in [-0.4, -0.2) is 24.2 Å². The second-order valence-electron chi connectivity index (χ2n) is 5.53. The minimum absolute atomic E-state index is 0.651. The molecule has 1 heterocycles. The van der Waals surface area contributed by atoms with Crippen LogP contribution >= 0.6 is 0 Å². The van der Waals surface area contributed by atoms with Gasteiger partial charge in [0.1, 0.15) is 5.75 Å². The first-order chi connectivity index (χ1) is 10.5. The van der Waals surface area contributed by atoms with E-state index in [0.717, 1.165) is 46.5 Å². The zero-order valence-corrected chi connectivity index (χ0v) is 14.3. The molecule has 0 aliphatic heterocycles. The van der Waals surface area contributed by atoms with Gasteiger partial charge in [-0.2, -0.15) is 4.98 Å². The highest BCUT2D eigenvalue weighted by Gasteiger charge is 2.17.